The van der Waals surface area contributed by atoms with Gasteiger partial charge >= 0.3 is 0 Å². The first-order valence-corrected chi connectivity index (χ1v) is 7.12. The Hall–Kier alpha value is -1.09. The monoisotopic (exact) mass is 264 g/mol. The zero-order valence-electron chi connectivity index (χ0n) is 13.2. The van der Waals surface area contributed by atoms with E-state index in [0.29, 0.717) is 5.92 Å². The molecule has 0 saturated carbocycles. The molecule has 19 heavy (non-hydrogen) atoms. The van der Waals surface area contributed by atoms with Gasteiger partial charge < -0.3 is 10.1 Å². The number of hydrogen-bond donors (Lipinski definition) is 1. The minimum Gasteiger partial charge on any atom is -0.490 e. The molecule has 0 aromatic carbocycles. The summed E-state index contributed by atoms with van der Waals surface area (Å²) in [5.74, 6) is 1.59. The second-order valence-electron chi connectivity index (χ2n) is 6.64. The molecule has 0 aliphatic heterocycles. The molecule has 3 heteroatoms. The molecule has 1 unspecified atom stereocenters. The van der Waals surface area contributed by atoms with Gasteiger partial charge in [0.2, 0.25) is 0 Å². The Bertz CT molecular complexity index is 383. The molecule has 0 saturated heterocycles. The number of hydrogen-bond acceptors (Lipinski definition) is 3. The Balaban J connectivity index is 2.67. The van der Waals surface area contributed by atoms with E-state index in [4.69, 9.17) is 4.74 Å². The molecular formula is C16H28N2O. The number of aromatic nitrogens is 1. The maximum Gasteiger partial charge on any atom is 0.127 e. The van der Waals surface area contributed by atoms with E-state index in [1.807, 2.05) is 12.3 Å². The Labute approximate surface area is 117 Å². The van der Waals surface area contributed by atoms with Crippen LogP contribution in [0.2, 0.25) is 0 Å². The average Bonchev–Trinajstić information content (AvgIpc) is 2.25. The third-order valence-electron chi connectivity index (χ3n) is 2.80. The van der Waals surface area contributed by atoms with E-state index in [9.17, 15) is 0 Å². The zero-order chi connectivity index (χ0) is 14.5. The Morgan fingerprint density at radius 2 is 1.95 bits per heavy atom. The topological polar surface area (TPSA) is 34.1 Å². The molecule has 1 aromatic heterocycles. The minimum absolute atomic E-state index is 0.0939. The first-order valence-electron chi connectivity index (χ1n) is 7.12. The van der Waals surface area contributed by atoms with Gasteiger partial charge in [-0.1, -0.05) is 13.8 Å². The van der Waals surface area contributed by atoms with E-state index in [1.54, 1.807) is 6.20 Å². The predicted molar refractivity (Wildman–Crippen MR) is 80.4 cm³/mol. The van der Waals surface area contributed by atoms with E-state index in [1.165, 1.54) is 0 Å². The third-order valence-corrected chi connectivity index (χ3v) is 2.80. The molecule has 0 bridgehead atoms. The fraction of sp³-hybridized carbons (Fsp3) is 0.688. The molecule has 108 valence electrons. The van der Waals surface area contributed by atoms with Crippen molar-refractivity contribution in [2.24, 2.45) is 5.92 Å². The molecule has 3 nitrogen and oxygen atoms in total. The SMILES string of the molecule is CC(C)CC(C)Oc1ccncc1CNC(C)(C)C. The maximum atomic E-state index is 6.04. The first kappa shape index (κ1) is 16.0. The van der Waals surface area contributed by atoms with Gasteiger partial charge in [-0.15, -0.1) is 0 Å². The molecule has 0 amide bonds. The van der Waals surface area contributed by atoms with E-state index in [2.05, 4.69) is 51.8 Å². The number of nitrogens with one attached hydrogen (secondary N) is 1. The molecule has 0 aliphatic carbocycles. The van der Waals surface area contributed by atoms with E-state index < -0.39 is 0 Å². The highest BCUT2D eigenvalue weighted by Crippen LogP contribution is 2.20. The van der Waals surface area contributed by atoms with Crippen LogP contribution in [0.3, 0.4) is 0 Å². The lowest BCUT2D eigenvalue weighted by Gasteiger charge is -2.23. The van der Waals surface area contributed by atoms with Crippen LogP contribution in [0.5, 0.6) is 5.75 Å². The van der Waals surface area contributed by atoms with Crippen molar-refractivity contribution in [2.45, 2.75) is 66.2 Å². The van der Waals surface area contributed by atoms with Gasteiger partial charge in [0.05, 0.1) is 6.10 Å². The van der Waals surface area contributed by atoms with Crippen molar-refractivity contribution in [1.29, 1.82) is 0 Å². The summed E-state index contributed by atoms with van der Waals surface area (Å²) in [5.41, 5.74) is 1.21. The predicted octanol–water partition coefficient (Wildman–Crippen LogP) is 3.78. The average molecular weight is 264 g/mol. The molecule has 1 N–H and O–H groups in total. The largest absolute Gasteiger partial charge is 0.490 e. The lowest BCUT2D eigenvalue weighted by atomic mass is 10.1. The highest BCUT2D eigenvalue weighted by molar-refractivity contribution is 5.30. The van der Waals surface area contributed by atoms with Crippen molar-refractivity contribution in [3.63, 3.8) is 0 Å². The normalized spacial score (nSPS) is 13.6. The van der Waals surface area contributed by atoms with Crippen molar-refractivity contribution in [3.05, 3.63) is 24.0 Å². The Morgan fingerprint density at radius 1 is 1.26 bits per heavy atom. The standard InChI is InChI=1S/C16H28N2O/c1-12(2)9-13(3)19-15-7-8-17-10-14(15)11-18-16(4,5)6/h7-8,10,12-13,18H,9,11H2,1-6H3. The van der Waals surface area contributed by atoms with Crippen molar-refractivity contribution in [2.75, 3.05) is 0 Å². The zero-order valence-corrected chi connectivity index (χ0v) is 13.2. The van der Waals surface area contributed by atoms with Crippen LogP contribution in [0, 0.1) is 5.92 Å². The summed E-state index contributed by atoms with van der Waals surface area (Å²) >= 11 is 0. The number of ether oxygens (including phenoxy) is 1. The van der Waals surface area contributed by atoms with Crippen LogP contribution in [-0.2, 0) is 6.54 Å². The van der Waals surface area contributed by atoms with Crippen molar-refractivity contribution in [3.8, 4) is 5.75 Å². The Morgan fingerprint density at radius 3 is 2.53 bits per heavy atom. The molecule has 1 atom stereocenters. The summed E-state index contributed by atoms with van der Waals surface area (Å²) in [7, 11) is 0. The van der Waals surface area contributed by atoms with Gasteiger partial charge in [0.25, 0.3) is 0 Å². The first-order chi connectivity index (χ1) is 8.78. The number of pyridine rings is 1. The molecule has 1 rings (SSSR count). The van der Waals surface area contributed by atoms with Gasteiger partial charge in [-0.3, -0.25) is 4.98 Å². The van der Waals surface area contributed by atoms with Crippen molar-refractivity contribution < 1.29 is 4.74 Å². The van der Waals surface area contributed by atoms with Crippen LogP contribution < -0.4 is 10.1 Å². The van der Waals surface area contributed by atoms with Crippen molar-refractivity contribution >= 4 is 0 Å². The maximum absolute atomic E-state index is 6.04. The second kappa shape index (κ2) is 6.90. The van der Waals surface area contributed by atoms with Crippen molar-refractivity contribution in [1.82, 2.24) is 10.3 Å². The lowest BCUT2D eigenvalue weighted by Crippen LogP contribution is -2.35. The van der Waals surface area contributed by atoms with Crippen LogP contribution in [0.1, 0.15) is 53.5 Å². The van der Waals surface area contributed by atoms with Crippen LogP contribution in [0.4, 0.5) is 0 Å². The van der Waals surface area contributed by atoms with Crippen LogP contribution in [0.15, 0.2) is 18.5 Å². The summed E-state index contributed by atoms with van der Waals surface area (Å²) in [6, 6.07) is 1.95. The minimum atomic E-state index is 0.0939. The molecule has 0 radical (unpaired) electrons. The molecule has 0 spiro atoms. The number of rotatable bonds is 6. The summed E-state index contributed by atoms with van der Waals surface area (Å²) in [5, 5.41) is 3.47. The van der Waals surface area contributed by atoms with Gasteiger partial charge in [-0.2, -0.15) is 0 Å². The van der Waals surface area contributed by atoms with E-state index >= 15 is 0 Å². The smallest absolute Gasteiger partial charge is 0.127 e. The van der Waals surface area contributed by atoms with E-state index in [-0.39, 0.29) is 11.6 Å². The fourth-order valence-corrected chi connectivity index (χ4v) is 1.95. The van der Waals surface area contributed by atoms with Crippen LogP contribution >= 0.6 is 0 Å². The highest BCUT2D eigenvalue weighted by Gasteiger charge is 2.13. The van der Waals surface area contributed by atoms with Gasteiger partial charge in [0, 0.05) is 30.0 Å². The van der Waals surface area contributed by atoms with Gasteiger partial charge in [-0.25, -0.2) is 0 Å². The quantitative estimate of drug-likeness (QED) is 0.849. The van der Waals surface area contributed by atoms with Gasteiger partial charge in [-0.05, 0) is 46.1 Å². The highest BCUT2D eigenvalue weighted by atomic mass is 16.5. The van der Waals surface area contributed by atoms with Crippen LogP contribution in [-0.4, -0.2) is 16.6 Å². The number of nitrogens with zero attached hydrogens (tertiary/aromatic N) is 1. The molecule has 0 aliphatic rings. The fourth-order valence-electron chi connectivity index (χ4n) is 1.95. The second-order valence-corrected chi connectivity index (χ2v) is 6.64. The van der Waals surface area contributed by atoms with Gasteiger partial charge in [0.1, 0.15) is 5.75 Å². The van der Waals surface area contributed by atoms with Crippen LogP contribution in [0.25, 0.3) is 0 Å². The summed E-state index contributed by atoms with van der Waals surface area (Å²) in [6.07, 6.45) is 4.97. The van der Waals surface area contributed by atoms with E-state index in [0.717, 1.165) is 24.3 Å². The Kier molecular flexibility index (Phi) is 5.80. The van der Waals surface area contributed by atoms with Gasteiger partial charge in [0.15, 0.2) is 0 Å². The summed E-state index contributed by atoms with van der Waals surface area (Å²) < 4.78 is 6.04. The molecule has 0 fully saturated rings. The third kappa shape index (κ3) is 6.58. The summed E-state index contributed by atoms with van der Waals surface area (Å²) in [6.45, 7) is 13.8. The lowest BCUT2D eigenvalue weighted by molar-refractivity contribution is 0.190. The molecule has 1 heterocycles. The molecule has 1 aromatic rings. The summed E-state index contributed by atoms with van der Waals surface area (Å²) in [4.78, 5) is 4.19. The molecular weight excluding hydrogens is 236 g/mol.